The summed E-state index contributed by atoms with van der Waals surface area (Å²) >= 11 is 0. The van der Waals surface area contributed by atoms with E-state index in [1.165, 1.54) is 61.9 Å². The fourth-order valence-electron chi connectivity index (χ4n) is 3.77. The molecule has 2 nitrogen and oxygen atoms in total. The Morgan fingerprint density at radius 1 is 1.11 bits per heavy atom. The standard InChI is InChI=1S/C17H26NO/c1-15-5-2-3-6-17(15)19-14-4-10-18-11-7-16(8-12-18)9-13-18/h2-3,5-6,16H,4,7-14H2,1H3/q+1. The maximum Gasteiger partial charge on any atom is 0.122 e. The molecule has 0 aliphatic carbocycles. The molecule has 3 heterocycles. The van der Waals surface area contributed by atoms with E-state index in [9.17, 15) is 0 Å². The molecule has 0 spiro atoms. The average Bonchev–Trinajstić information content (AvgIpc) is 2.47. The van der Waals surface area contributed by atoms with Crippen LogP contribution in [0.25, 0.3) is 0 Å². The Bertz CT molecular complexity index is 407. The number of hydrogen-bond donors (Lipinski definition) is 0. The van der Waals surface area contributed by atoms with E-state index in [4.69, 9.17) is 4.74 Å². The molecule has 1 aromatic carbocycles. The van der Waals surface area contributed by atoms with Gasteiger partial charge < -0.3 is 9.22 Å². The van der Waals surface area contributed by atoms with Crippen molar-refractivity contribution in [2.45, 2.75) is 32.6 Å². The first-order valence-electron chi connectivity index (χ1n) is 7.81. The molecule has 0 N–H and O–H groups in total. The van der Waals surface area contributed by atoms with Crippen LogP contribution in [0.4, 0.5) is 0 Å². The van der Waals surface area contributed by atoms with Gasteiger partial charge in [0.1, 0.15) is 5.75 Å². The molecule has 0 amide bonds. The van der Waals surface area contributed by atoms with E-state index in [1.807, 2.05) is 0 Å². The van der Waals surface area contributed by atoms with Crippen LogP contribution in [-0.2, 0) is 0 Å². The zero-order chi connectivity index (χ0) is 13.1. The summed E-state index contributed by atoms with van der Waals surface area (Å²) in [4.78, 5) is 0. The molecule has 2 bridgehead atoms. The van der Waals surface area contributed by atoms with Crippen molar-refractivity contribution in [3.8, 4) is 5.75 Å². The molecule has 0 unspecified atom stereocenters. The van der Waals surface area contributed by atoms with Crippen molar-refractivity contribution in [3.63, 3.8) is 0 Å². The van der Waals surface area contributed by atoms with Crippen LogP contribution in [0.15, 0.2) is 24.3 Å². The minimum absolute atomic E-state index is 0.869. The van der Waals surface area contributed by atoms with E-state index in [0.717, 1.165) is 18.3 Å². The molecule has 3 saturated heterocycles. The van der Waals surface area contributed by atoms with Crippen molar-refractivity contribution >= 4 is 0 Å². The molecule has 4 rings (SSSR count). The van der Waals surface area contributed by atoms with Gasteiger partial charge in [-0.3, -0.25) is 0 Å². The zero-order valence-electron chi connectivity index (χ0n) is 12.1. The SMILES string of the molecule is Cc1ccccc1OCCC[N+]12CCC(CC1)CC2. The van der Waals surface area contributed by atoms with E-state index in [0.29, 0.717) is 0 Å². The number of nitrogens with zero attached hydrogens (tertiary/aromatic N) is 1. The third-order valence-electron chi connectivity index (χ3n) is 5.16. The lowest BCUT2D eigenvalue weighted by molar-refractivity contribution is -0.942. The van der Waals surface area contributed by atoms with Crippen molar-refractivity contribution in [2.75, 3.05) is 32.8 Å². The first kappa shape index (κ1) is 13.0. The highest BCUT2D eigenvalue weighted by Crippen LogP contribution is 2.33. The van der Waals surface area contributed by atoms with Crippen molar-refractivity contribution in [2.24, 2.45) is 5.92 Å². The van der Waals surface area contributed by atoms with Gasteiger partial charge in [0.25, 0.3) is 0 Å². The summed E-state index contributed by atoms with van der Waals surface area (Å²) in [5, 5.41) is 0. The van der Waals surface area contributed by atoms with Gasteiger partial charge in [0.2, 0.25) is 0 Å². The topological polar surface area (TPSA) is 9.23 Å². The van der Waals surface area contributed by atoms with Gasteiger partial charge in [-0.1, -0.05) is 18.2 Å². The van der Waals surface area contributed by atoms with Crippen molar-refractivity contribution in [1.82, 2.24) is 0 Å². The molecule has 2 heteroatoms. The molecule has 0 radical (unpaired) electrons. The minimum Gasteiger partial charge on any atom is -0.493 e. The molecule has 0 saturated carbocycles. The Kier molecular flexibility index (Phi) is 3.79. The summed E-state index contributed by atoms with van der Waals surface area (Å²) in [7, 11) is 0. The molecule has 1 aromatic rings. The van der Waals surface area contributed by atoms with Gasteiger partial charge >= 0.3 is 0 Å². The summed E-state index contributed by atoms with van der Waals surface area (Å²) in [5.74, 6) is 2.11. The van der Waals surface area contributed by atoms with Crippen LogP contribution in [0.3, 0.4) is 0 Å². The number of benzene rings is 1. The van der Waals surface area contributed by atoms with Crippen LogP contribution in [0.5, 0.6) is 5.75 Å². The molecule has 3 fully saturated rings. The van der Waals surface area contributed by atoms with Crippen LogP contribution in [-0.4, -0.2) is 37.3 Å². The molecule has 0 atom stereocenters. The number of para-hydroxylation sites is 1. The van der Waals surface area contributed by atoms with E-state index in [2.05, 4.69) is 31.2 Å². The van der Waals surface area contributed by atoms with Crippen LogP contribution < -0.4 is 4.74 Å². The van der Waals surface area contributed by atoms with Crippen molar-refractivity contribution in [1.29, 1.82) is 0 Å². The monoisotopic (exact) mass is 260 g/mol. The number of quaternary nitrogens is 1. The second-order valence-electron chi connectivity index (χ2n) is 6.44. The number of piperidine rings is 3. The van der Waals surface area contributed by atoms with E-state index in [-0.39, 0.29) is 0 Å². The lowest BCUT2D eigenvalue weighted by Crippen LogP contribution is -2.58. The van der Waals surface area contributed by atoms with E-state index < -0.39 is 0 Å². The summed E-state index contributed by atoms with van der Waals surface area (Å²) in [5.41, 5.74) is 1.24. The fraction of sp³-hybridized carbons (Fsp3) is 0.647. The molecule has 104 valence electrons. The molecule has 0 aromatic heterocycles. The normalized spacial score (nSPS) is 29.4. The summed E-state index contributed by atoms with van der Waals surface area (Å²) in [6.07, 6.45) is 5.61. The highest BCUT2D eigenvalue weighted by atomic mass is 16.5. The molecular weight excluding hydrogens is 234 g/mol. The van der Waals surface area contributed by atoms with Crippen LogP contribution in [0, 0.1) is 12.8 Å². The minimum atomic E-state index is 0.869. The number of ether oxygens (including phenoxy) is 1. The molecular formula is C17H26NO+. The largest absolute Gasteiger partial charge is 0.493 e. The highest BCUT2D eigenvalue weighted by Gasteiger charge is 2.38. The van der Waals surface area contributed by atoms with Gasteiger partial charge in [-0.15, -0.1) is 0 Å². The summed E-state index contributed by atoms with van der Waals surface area (Å²) < 4.78 is 7.30. The van der Waals surface area contributed by atoms with Crippen LogP contribution in [0.2, 0.25) is 0 Å². The van der Waals surface area contributed by atoms with Crippen molar-refractivity contribution < 1.29 is 9.22 Å². The maximum absolute atomic E-state index is 5.92. The Morgan fingerprint density at radius 3 is 2.47 bits per heavy atom. The Morgan fingerprint density at radius 2 is 1.79 bits per heavy atom. The second-order valence-corrected chi connectivity index (χ2v) is 6.44. The number of fused-ring (bicyclic) bond motifs is 3. The molecule has 19 heavy (non-hydrogen) atoms. The van der Waals surface area contributed by atoms with Gasteiger partial charge in [-0.05, 0) is 43.7 Å². The Balaban J connectivity index is 1.45. The van der Waals surface area contributed by atoms with Crippen LogP contribution in [0.1, 0.15) is 31.2 Å². The predicted molar refractivity (Wildman–Crippen MR) is 78.4 cm³/mol. The van der Waals surface area contributed by atoms with Gasteiger partial charge in [0, 0.05) is 6.42 Å². The van der Waals surface area contributed by atoms with Gasteiger partial charge in [0.05, 0.1) is 32.8 Å². The molecule has 3 aliphatic rings. The van der Waals surface area contributed by atoms with Gasteiger partial charge in [-0.25, -0.2) is 0 Å². The van der Waals surface area contributed by atoms with Crippen molar-refractivity contribution in [3.05, 3.63) is 29.8 Å². The molecule has 3 aliphatic heterocycles. The third kappa shape index (κ3) is 2.94. The fourth-order valence-corrected chi connectivity index (χ4v) is 3.77. The number of rotatable bonds is 5. The zero-order valence-corrected chi connectivity index (χ0v) is 12.1. The summed E-state index contributed by atoms with van der Waals surface area (Å²) in [6.45, 7) is 8.58. The second kappa shape index (κ2) is 5.54. The van der Waals surface area contributed by atoms with Gasteiger partial charge in [-0.2, -0.15) is 0 Å². The maximum atomic E-state index is 5.92. The first-order chi connectivity index (χ1) is 9.27. The van der Waals surface area contributed by atoms with E-state index in [1.54, 1.807) is 0 Å². The Hall–Kier alpha value is -1.02. The third-order valence-corrected chi connectivity index (χ3v) is 5.16. The van der Waals surface area contributed by atoms with E-state index >= 15 is 0 Å². The van der Waals surface area contributed by atoms with Gasteiger partial charge in [0.15, 0.2) is 0 Å². The van der Waals surface area contributed by atoms with Crippen LogP contribution >= 0.6 is 0 Å². The number of aryl methyl sites for hydroxylation is 1. The lowest BCUT2D eigenvalue weighted by atomic mass is 9.85. The first-order valence-corrected chi connectivity index (χ1v) is 7.81. The quantitative estimate of drug-likeness (QED) is 0.582. The Labute approximate surface area is 117 Å². The average molecular weight is 260 g/mol. The highest BCUT2D eigenvalue weighted by molar-refractivity contribution is 5.31. The predicted octanol–water partition coefficient (Wildman–Crippen LogP) is 3.39. The lowest BCUT2D eigenvalue weighted by Gasteiger charge is -2.49. The smallest absolute Gasteiger partial charge is 0.122 e. The summed E-state index contributed by atoms with van der Waals surface area (Å²) in [6, 6.07) is 8.32. The number of hydrogen-bond acceptors (Lipinski definition) is 1.